The Kier molecular flexibility index (Phi) is 5.17. The van der Waals surface area contributed by atoms with Gasteiger partial charge < -0.3 is 9.64 Å². The van der Waals surface area contributed by atoms with E-state index in [1.807, 2.05) is 0 Å². The van der Waals surface area contributed by atoms with Crippen molar-refractivity contribution in [1.82, 2.24) is 14.9 Å². The number of hydrogen-bond acceptors (Lipinski definition) is 6. The molecular formula is C17H18N4O4. The van der Waals surface area contributed by atoms with Gasteiger partial charge in [0.15, 0.2) is 0 Å². The van der Waals surface area contributed by atoms with Crippen LogP contribution in [0.25, 0.3) is 0 Å². The van der Waals surface area contributed by atoms with Crippen molar-refractivity contribution in [3.8, 4) is 5.88 Å². The van der Waals surface area contributed by atoms with Crippen LogP contribution in [0.15, 0.2) is 42.9 Å². The summed E-state index contributed by atoms with van der Waals surface area (Å²) in [6.07, 6.45) is 4.90. The Balaban J connectivity index is 1.57. The van der Waals surface area contributed by atoms with Crippen molar-refractivity contribution in [3.63, 3.8) is 0 Å². The number of nitro benzene ring substituents is 1. The van der Waals surface area contributed by atoms with Crippen LogP contribution in [0.1, 0.15) is 18.4 Å². The molecule has 0 bridgehead atoms. The number of amides is 1. The fourth-order valence-corrected chi connectivity index (χ4v) is 2.80. The van der Waals surface area contributed by atoms with Gasteiger partial charge in [-0.2, -0.15) is 0 Å². The number of carbonyl (C=O) groups excluding carboxylic acids is 1. The average molecular weight is 342 g/mol. The van der Waals surface area contributed by atoms with E-state index in [1.165, 1.54) is 18.5 Å². The highest BCUT2D eigenvalue weighted by atomic mass is 16.6. The molecule has 2 heterocycles. The van der Waals surface area contributed by atoms with Crippen LogP contribution in [-0.4, -0.2) is 44.9 Å². The number of piperidine rings is 1. The van der Waals surface area contributed by atoms with E-state index in [0.29, 0.717) is 19.0 Å². The quantitative estimate of drug-likeness (QED) is 0.609. The van der Waals surface area contributed by atoms with Gasteiger partial charge in [0.25, 0.3) is 5.69 Å². The van der Waals surface area contributed by atoms with Crippen molar-refractivity contribution in [3.05, 3.63) is 58.5 Å². The molecule has 0 N–H and O–H groups in total. The Hall–Kier alpha value is -3.03. The van der Waals surface area contributed by atoms with E-state index in [2.05, 4.69) is 9.97 Å². The first-order valence-electron chi connectivity index (χ1n) is 8.05. The molecule has 0 spiro atoms. The number of rotatable bonds is 5. The number of nitro groups is 1. The summed E-state index contributed by atoms with van der Waals surface area (Å²) >= 11 is 0. The molecule has 8 nitrogen and oxygen atoms in total. The summed E-state index contributed by atoms with van der Waals surface area (Å²) in [4.78, 5) is 32.4. The minimum atomic E-state index is -0.453. The molecule has 1 aliphatic heterocycles. The smallest absolute Gasteiger partial charge is 0.269 e. The minimum Gasteiger partial charge on any atom is -0.472 e. The van der Waals surface area contributed by atoms with Crippen molar-refractivity contribution < 1.29 is 14.5 Å². The van der Waals surface area contributed by atoms with Crippen molar-refractivity contribution in [2.45, 2.75) is 25.4 Å². The highest BCUT2D eigenvalue weighted by molar-refractivity contribution is 5.79. The van der Waals surface area contributed by atoms with Crippen LogP contribution in [0.2, 0.25) is 0 Å². The second-order valence-electron chi connectivity index (χ2n) is 5.87. The summed E-state index contributed by atoms with van der Waals surface area (Å²) in [7, 11) is 0. The maximum Gasteiger partial charge on any atom is 0.269 e. The Morgan fingerprint density at radius 1 is 1.32 bits per heavy atom. The number of nitrogens with zero attached hydrogens (tertiary/aromatic N) is 4. The average Bonchev–Trinajstić information content (AvgIpc) is 2.63. The molecule has 1 aromatic heterocycles. The first kappa shape index (κ1) is 16.8. The highest BCUT2D eigenvalue weighted by Gasteiger charge is 2.25. The summed E-state index contributed by atoms with van der Waals surface area (Å²) in [5.41, 5.74) is 0.780. The molecule has 1 saturated heterocycles. The van der Waals surface area contributed by atoms with Gasteiger partial charge in [-0.15, -0.1) is 0 Å². The number of hydrogen-bond donors (Lipinski definition) is 0. The monoisotopic (exact) mass is 342 g/mol. The summed E-state index contributed by atoms with van der Waals surface area (Å²) < 4.78 is 5.81. The van der Waals surface area contributed by atoms with Gasteiger partial charge in [0.1, 0.15) is 12.4 Å². The fraction of sp³-hybridized carbons (Fsp3) is 0.353. The van der Waals surface area contributed by atoms with Gasteiger partial charge in [-0.3, -0.25) is 14.9 Å². The minimum absolute atomic E-state index is 0.00941. The van der Waals surface area contributed by atoms with E-state index in [-0.39, 0.29) is 24.1 Å². The molecule has 0 aliphatic carbocycles. The molecule has 1 fully saturated rings. The van der Waals surface area contributed by atoms with Crippen LogP contribution in [0.4, 0.5) is 5.69 Å². The highest BCUT2D eigenvalue weighted by Crippen LogP contribution is 2.18. The molecule has 1 aromatic carbocycles. The molecule has 0 saturated carbocycles. The van der Waals surface area contributed by atoms with Gasteiger partial charge in [0, 0.05) is 30.9 Å². The second kappa shape index (κ2) is 7.69. The Morgan fingerprint density at radius 2 is 2.12 bits per heavy atom. The van der Waals surface area contributed by atoms with Gasteiger partial charge in [-0.05, 0) is 18.4 Å². The van der Waals surface area contributed by atoms with Gasteiger partial charge in [0.2, 0.25) is 11.8 Å². The number of ether oxygens (including phenoxy) is 1. The van der Waals surface area contributed by atoms with E-state index in [9.17, 15) is 14.9 Å². The van der Waals surface area contributed by atoms with Gasteiger partial charge >= 0.3 is 0 Å². The topological polar surface area (TPSA) is 98.5 Å². The van der Waals surface area contributed by atoms with Crippen molar-refractivity contribution in [2.24, 2.45) is 0 Å². The van der Waals surface area contributed by atoms with E-state index >= 15 is 0 Å². The third kappa shape index (κ3) is 4.50. The molecule has 1 aliphatic rings. The maximum absolute atomic E-state index is 12.5. The largest absolute Gasteiger partial charge is 0.472 e. The Bertz CT molecular complexity index is 736. The molecule has 130 valence electrons. The zero-order valence-corrected chi connectivity index (χ0v) is 13.6. The van der Waals surface area contributed by atoms with E-state index in [4.69, 9.17) is 4.74 Å². The van der Waals surface area contributed by atoms with Crippen molar-refractivity contribution in [2.75, 3.05) is 13.1 Å². The number of non-ortho nitro benzene ring substituents is 1. The summed E-state index contributed by atoms with van der Waals surface area (Å²) in [5, 5.41) is 10.7. The third-order valence-electron chi connectivity index (χ3n) is 4.08. The fourth-order valence-electron chi connectivity index (χ4n) is 2.80. The van der Waals surface area contributed by atoms with Crippen LogP contribution in [0.3, 0.4) is 0 Å². The van der Waals surface area contributed by atoms with Gasteiger partial charge in [-0.1, -0.05) is 12.1 Å². The lowest BCUT2D eigenvalue weighted by atomic mass is 10.1. The number of likely N-dealkylation sites (tertiary alicyclic amines) is 1. The summed E-state index contributed by atoms with van der Waals surface area (Å²) in [5.74, 6) is 0.495. The molecule has 1 unspecified atom stereocenters. The van der Waals surface area contributed by atoms with E-state index < -0.39 is 4.92 Å². The van der Waals surface area contributed by atoms with Crippen LogP contribution in [0, 0.1) is 10.1 Å². The van der Waals surface area contributed by atoms with Crippen LogP contribution >= 0.6 is 0 Å². The molecule has 1 amide bonds. The van der Waals surface area contributed by atoms with Crippen LogP contribution in [-0.2, 0) is 11.2 Å². The molecule has 25 heavy (non-hydrogen) atoms. The molecular weight excluding hydrogens is 324 g/mol. The number of aromatic nitrogens is 2. The summed E-state index contributed by atoms with van der Waals surface area (Å²) in [6, 6.07) is 7.76. The number of benzene rings is 1. The second-order valence-corrected chi connectivity index (χ2v) is 5.87. The molecule has 0 radical (unpaired) electrons. The first-order valence-corrected chi connectivity index (χ1v) is 8.05. The van der Waals surface area contributed by atoms with E-state index in [0.717, 1.165) is 18.4 Å². The van der Waals surface area contributed by atoms with Crippen molar-refractivity contribution >= 4 is 11.6 Å². The summed E-state index contributed by atoms with van der Waals surface area (Å²) in [6.45, 7) is 1.20. The Labute approximate surface area is 144 Å². The van der Waals surface area contributed by atoms with Gasteiger partial charge in [0.05, 0.1) is 17.9 Å². The van der Waals surface area contributed by atoms with Crippen molar-refractivity contribution in [1.29, 1.82) is 0 Å². The standard InChI is InChI=1S/C17H18N4O4/c22-17(10-13-3-5-14(6-4-13)21(23)24)20-9-1-2-15(11-20)25-16-7-8-18-12-19-16/h3-8,12,15H,1-2,9-11H2. The predicted octanol–water partition coefficient (Wildman–Crippen LogP) is 2.00. The lowest BCUT2D eigenvalue weighted by molar-refractivity contribution is -0.384. The molecule has 2 aromatic rings. The maximum atomic E-state index is 12.5. The molecule has 8 heteroatoms. The van der Waals surface area contributed by atoms with E-state index in [1.54, 1.807) is 29.3 Å². The number of carbonyl (C=O) groups is 1. The van der Waals surface area contributed by atoms with Crippen LogP contribution < -0.4 is 4.74 Å². The SMILES string of the molecule is O=C(Cc1ccc([N+](=O)[O-])cc1)N1CCCC(Oc2ccncn2)C1. The lowest BCUT2D eigenvalue weighted by Crippen LogP contribution is -2.45. The molecule has 3 rings (SSSR count). The zero-order valence-electron chi connectivity index (χ0n) is 13.6. The third-order valence-corrected chi connectivity index (χ3v) is 4.08. The first-order chi connectivity index (χ1) is 12.1. The van der Waals surface area contributed by atoms with Gasteiger partial charge in [-0.25, -0.2) is 9.97 Å². The molecule has 1 atom stereocenters. The normalized spacial score (nSPS) is 17.1. The predicted molar refractivity (Wildman–Crippen MR) is 89.1 cm³/mol. The Morgan fingerprint density at radius 3 is 2.80 bits per heavy atom. The zero-order chi connectivity index (χ0) is 17.6. The lowest BCUT2D eigenvalue weighted by Gasteiger charge is -2.32. The van der Waals surface area contributed by atoms with Crippen LogP contribution in [0.5, 0.6) is 5.88 Å².